The SMILES string of the molecule is CCCOc1ccc(/C=N\Nc2nc(-c3ccc(C)c(C)c3)cs2)cc1OC. The molecule has 1 heterocycles. The zero-order valence-electron chi connectivity index (χ0n) is 16.7. The van der Waals surface area contributed by atoms with Crippen LogP contribution in [0.25, 0.3) is 11.3 Å². The number of aromatic nitrogens is 1. The van der Waals surface area contributed by atoms with Crippen molar-refractivity contribution in [3.8, 4) is 22.8 Å². The van der Waals surface area contributed by atoms with Crippen molar-refractivity contribution in [2.45, 2.75) is 27.2 Å². The van der Waals surface area contributed by atoms with Gasteiger partial charge in [-0.2, -0.15) is 5.10 Å². The maximum Gasteiger partial charge on any atom is 0.203 e. The van der Waals surface area contributed by atoms with Gasteiger partial charge in [0.1, 0.15) is 0 Å². The van der Waals surface area contributed by atoms with Gasteiger partial charge < -0.3 is 9.47 Å². The highest BCUT2D eigenvalue weighted by atomic mass is 32.1. The Morgan fingerprint density at radius 3 is 2.71 bits per heavy atom. The summed E-state index contributed by atoms with van der Waals surface area (Å²) in [4.78, 5) is 4.61. The number of methoxy groups -OCH3 is 1. The predicted octanol–water partition coefficient (Wildman–Crippen LogP) is 5.67. The molecule has 2 aromatic carbocycles. The minimum absolute atomic E-state index is 0.665. The van der Waals surface area contributed by atoms with Crippen LogP contribution in [0.1, 0.15) is 30.0 Å². The smallest absolute Gasteiger partial charge is 0.203 e. The number of hydrazone groups is 1. The van der Waals surface area contributed by atoms with Gasteiger partial charge in [-0.15, -0.1) is 11.3 Å². The van der Waals surface area contributed by atoms with Crippen molar-refractivity contribution in [3.63, 3.8) is 0 Å². The van der Waals surface area contributed by atoms with Crippen molar-refractivity contribution >= 4 is 22.7 Å². The van der Waals surface area contributed by atoms with Crippen molar-refractivity contribution < 1.29 is 9.47 Å². The van der Waals surface area contributed by atoms with Crippen LogP contribution in [0, 0.1) is 13.8 Å². The van der Waals surface area contributed by atoms with E-state index in [0.717, 1.165) is 34.1 Å². The molecule has 146 valence electrons. The number of thiazole rings is 1. The summed E-state index contributed by atoms with van der Waals surface area (Å²) < 4.78 is 11.1. The van der Waals surface area contributed by atoms with Gasteiger partial charge in [-0.3, -0.25) is 5.43 Å². The molecule has 3 rings (SSSR count). The Labute approximate surface area is 170 Å². The lowest BCUT2D eigenvalue weighted by molar-refractivity contribution is 0.294. The molecule has 0 amide bonds. The predicted molar refractivity (Wildman–Crippen MR) is 117 cm³/mol. The van der Waals surface area contributed by atoms with E-state index in [-0.39, 0.29) is 0 Å². The first-order valence-electron chi connectivity index (χ1n) is 9.23. The van der Waals surface area contributed by atoms with Gasteiger partial charge in [0, 0.05) is 10.9 Å². The Hall–Kier alpha value is -2.86. The minimum atomic E-state index is 0.665. The number of hydrogen-bond acceptors (Lipinski definition) is 6. The molecule has 0 fully saturated rings. The second-order valence-electron chi connectivity index (χ2n) is 6.47. The zero-order valence-corrected chi connectivity index (χ0v) is 17.5. The fourth-order valence-corrected chi connectivity index (χ4v) is 3.28. The first kappa shape index (κ1) is 19.9. The third kappa shape index (κ3) is 4.89. The molecule has 5 nitrogen and oxygen atoms in total. The van der Waals surface area contributed by atoms with E-state index < -0.39 is 0 Å². The topological polar surface area (TPSA) is 55.7 Å². The Kier molecular flexibility index (Phi) is 6.66. The van der Waals surface area contributed by atoms with Crippen molar-refractivity contribution in [1.82, 2.24) is 4.98 Å². The number of ether oxygens (including phenoxy) is 2. The average Bonchev–Trinajstić information content (AvgIpc) is 3.17. The number of nitrogens with zero attached hydrogens (tertiary/aromatic N) is 2. The van der Waals surface area contributed by atoms with Crippen LogP contribution in [0.4, 0.5) is 5.13 Å². The summed E-state index contributed by atoms with van der Waals surface area (Å²) in [5.74, 6) is 1.44. The second kappa shape index (κ2) is 9.37. The molecule has 1 aromatic heterocycles. The summed E-state index contributed by atoms with van der Waals surface area (Å²) in [6.45, 7) is 6.96. The molecule has 0 atom stereocenters. The van der Waals surface area contributed by atoms with E-state index in [4.69, 9.17) is 9.47 Å². The van der Waals surface area contributed by atoms with Gasteiger partial charge in [-0.1, -0.05) is 19.1 Å². The molecule has 28 heavy (non-hydrogen) atoms. The number of hydrogen-bond donors (Lipinski definition) is 1. The van der Waals surface area contributed by atoms with E-state index in [2.05, 4.69) is 54.5 Å². The summed E-state index contributed by atoms with van der Waals surface area (Å²) in [5, 5.41) is 7.08. The van der Waals surface area contributed by atoms with Crippen molar-refractivity contribution in [3.05, 3.63) is 58.5 Å². The number of rotatable bonds is 8. The Bertz CT molecular complexity index is 966. The van der Waals surface area contributed by atoms with E-state index in [1.165, 1.54) is 22.5 Å². The van der Waals surface area contributed by atoms with Crippen LogP contribution in [0.2, 0.25) is 0 Å². The lowest BCUT2D eigenvalue weighted by Gasteiger charge is -2.10. The summed E-state index contributed by atoms with van der Waals surface area (Å²) in [6, 6.07) is 12.1. The van der Waals surface area contributed by atoms with Crippen LogP contribution < -0.4 is 14.9 Å². The Balaban J connectivity index is 1.66. The van der Waals surface area contributed by atoms with E-state index in [1.54, 1.807) is 13.3 Å². The molecule has 6 heteroatoms. The highest BCUT2D eigenvalue weighted by molar-refractivity contribution is 7.14. The van der Waals surface area contributed by atoms with E-state index >= 15 is 0 Å². The third-order valence-electron chi connectivity index (χ3n) is 4.33. The maximum absolute atomic E-state index is 5.67. The summed E-state index contributed by atoms with van der Waals surface area (Å²) in [5.41, 5.74) is 8.52. The number of nitrogens with one attached hydrogen (secondary N) is 1. The summed E-state index contributed by atoms with van der Waals surface area (Å²) in [6.07, 6.45) is 2.69. The molecule has 0 aliphatic heterocycles. The first-order chi connectivity index (χ1) is 13.6. The van der Waals surface area contributed by atoms with Gasteiger partial charge in [0.05, 0.1) is 25.6 Å². The lowest BCUT2D eigenvalue weighted by atomic mass is 10.1. The quantitative estimate of drug-likeness (QED) is 0.394. The highest BCUT2D eigenvalue weighted by Gasteiger charge is 2.06. The molecule has 0 aliphatic carbocycles. The van der Waals surface area contributed by atoms with Crippen LogP contribution >= 0.6 is 11.3 Å². The fraction of sp³-hybridized carbons (Fsp3) is 0.273. The molecule has 1 N–H and O–H groups in total. The van der Waals surface area contributed by atoms with Gasteiger partial charge in [-0.25, -0.2) is 4.98 Å². The molecule has 0 radical (unpaired) electrons. The third-order valence-corrected chi connectivity index (χ3v) is 5.08. The van der Waals surface area contributed by atoms with Gasteiger partial charge >= 0.3 is 0 Å². The minimum Gasteiger partial charge on any atom is -0.493 e. The summed E-state index contributed by atoms with van der Waals surface area (Å²) >= 11 is 1.53. The van der Waals surface area contributed by atoms with Crippen LogP contribution in [0.5, 0.6) is 11.5 Å². The molecule has 3 aromatic rings. The fourth-order valence-electron chi connectivity index (χ4n) is 2.62. The van der Waals surface area contributed by atoms with E-state index in [0.29, 0.717) is 12.4 Å². The van der Waals surface area contributed by atoms with Crippen LogP contribution in [0.15, 0.2) is 46.9 Å². The molecule has 0 unspecified atom stereocenters. The monoisotopic (exact) mass is 395 g/mol. The summed E-state index contributed by atoms with van der Waals surface area (Å²) in [7, 11) is 1.64. The molecular formula is C22H25N3O2S. The molecule has 0 aliphatic rings. The van der Waals surface area contributed by atoms with Crippen molar-refractivity contribution in [2.75, 3.05) is 19.1 Å². The molecular weight excluding hydrogens is 370 g/mol. The Morgan fingerprint density at radius 2 is 1.96 bits per heavy atom. The first-order valence-corrected chi connectivity index (χ1v) is 10.1. The lowest BCUT2D eigenvalue weighted by Crippen LogP contribution is -1.98. The van der Waals surface area contributed by atoms with E-state index in [9.17, 15) is 0 Å². The zero-order chi connectivity index (χ0) is 19.9. The van der Waals surface area contributed by atoms with Crippen LogP contribution in [-0.4, -0.2) is 24.9 Å². The average molecular weight is 396 g/mol. The van der Waals surface area contributed by atoms with Gasteiger partial charge in [0.2, 0.25) is 5.13 Å². The maximum atomic E-state index is 5.67. The van der Waals surface area contributed by atoms with Crippen LogP contribution in [-0.2, 0) is 0 Å². The molecule has 0 bridgehead atoms. The number of anilines is 1. The standard InChI is InChI=1S/C22H25N3O2S/c1-5-10-27-20-9-7-17(12-21(20)26-4)13-23-25-22-24-19(14-28-22)18-8-6-15(2)16(3)11-18/h6-9,11-14H,5,10H2,1-4H3,(H,24,25)/b23-13-. The highest BCUT2D eigenvalue weighted by Crippen LogP contribution is 2.28. The second-order valence-corrected chi connectivity index (χ2v) is 7.32. The normalized spacial score (nSPS) is 11.0. The largest absolute Gasteiger partial charge is 0.493 e. The van der Waals surface area contributed by atoms with Gasteiger partial charge in [0.15, 0.2) is 11.5 Å². The van der Waals surface area contributed by atoms with Gasteiger partial charge in [0.25, 0.3) is 0 Å². The molecule has 0 saturated heterocycles. The molecule has 0 saturated carbocycles. The van der Waals surface area contributed by atoms with Crippen LogP contribution in [0.3, 0.4) is 0 Å². The number of benzene rings is 2. The van der Waals surface area contributed by atoms with E-state index in [1.807, 2.05) is 23.6 Å². The molecule has 0 spiro atoms. The van der Waals surface area contributed by atoms with Crippen molar-refractivity contribution in [2.24, 2.45) is 5.10 Å². The van der Waals surface area contributed by atoms with Crippen molar-refractivity contribution in [1.29, 1.82) is 0 Å². The Morgan fingerprint density at radius 1 is 1.11 bits per heavy atom. The number of aryl methyl sites for hydroxylation is 2. The van der Waals surface area contributed by atoms with Gasteiger partial charge in [-0.05, 0) is 61.2 Å².